The van der Waals surface area contributed by atoms with E-state index in [4.69, 9.17) is 5.73 Å². The lowest BCUT2D eigenvalue weighted by atomic mass is 10.0. The van der Waals surface area contributed by atoms with E-state index in [1.54, 1.807) is 25.1 Å². The van der Waals surface area contributed by atoms with Crippen LogP contribution in [0.1, 0.15) is 22.8 Å². The number of carbonyl (C=O) groups excluding carboxylic acids is 1. The predicted molar refractivity (Wildman–Crippen MR) is 56.9 cm³/mol. The van der Waals surface area contributed by atoms with Gasteiger partial charge in [-0.25, -0.2) is 4.39 Å². The van der Waals surface area contributed by atoms with Crippen molar-refractivity contribution in [1.82, 2.24) is 0 Å². The monoisotopic (exact) mass is 259 g/mol. The van der Waals surface area contributed by atoms with Gasteiger partial charge in [0.2, 0.25) is 0 Å². The van der Waals surface area contributed by atoms with Gasteiger partial charge < -0.3 is 5.73 Å². The number of alkyl halides is 1. The molecule has 0 spiro atoms. The van der Waals surface area contributed by atoms with E-state index in [-0.39, 0.29) is 5.78 Å². The molecule has 0 aliphatic carbocycles. The number of hydrogen-bond acceptors (Lipinski definition) is 2. The molecule has 2 N–H and O–H groups in total. The topological polar surface area (TPSA) is 43.1 Å². The van der Waals surface area contributed by atoms with Crippen molar-refractivity contribution in [2.45, 2.75) is 19.6 Å². The van der Waals surface area contributed by atoms with Gasteiger partial charge in [-0.3, -0.25) is 4.79 Å². The van der Waals surface area contributed by atoms with E-state index in [1.165, 1.54) is 0 Å². The molecule has 76 valence electrons. The summed E-state index contributed by atoms with van der Waals surface area (Å²) in [6.45, 7) is 1.08. The Hall–Kier alpha value is -0.740. The number of benzene rings is 1. The lowest BCUT2D eigenvalue weighted by Gasteiger charge is -2.06. The van der Waals surface area contributed by atoms with Crippen molar-refractivity contribution in [3.63, 3.8) is 0 Å². The summed E-state index contributed by atoms with van der Waals surface area (Å²) >= 11 is 3.19. The van der Waals surface area contributed by atoms with Gasteiger partial charge in [-0.2, -0.15) is 0 Å². The van der Waals surface area contributed by atoms with Gasteiger partial charge in [0.05, 0.1) is 6.04 Å². The lowest BCUT2D eigenvalue weighted by molar-refractivity contribution is 0.0968. The number of hydrogen-bond donors (Lipinski definition) is 1. The second-order valence-corrected chi connectivity index (χ2v) is 3.95. The van der Waals surface area contributed by atoms with Crippen LogP contribution in [0.2, 0.25) is 0 Å². The molecule has 2 nitrogen and oxygen atoms in total. The Kier molecular flexibility index (Phi) is 3.77. The first kappa shape index (κ1) is 11.3. The van der Waals surface area contributed by atoms with Crippen molar-refractivity contribution < 1.29 is 9.18 Å². The quantitative estimate of drug-likeness (QED) is 0.848. The summed E-state index contributed by atoms with van der Waals surface area (Å²) in [6.07, 6.45) is 0. The first-order chi connectivity index (χ1) is 6.56. The van der Waals surface area contributed by atoms with Crippen LogP contribution in [0.4, 0.5) is 4.39 Å². The number of nitrogens with two attached hydrogens (primary N) is 1. The molecule has 0 saturated carbocycles. The van der Waals surface area contributed by atoms with E-state index in [1.807, 2.05) is 0 Å². The third kappa shape index (κ3) is 2.39. The first-order valence-corrected chi connectivity index (χ1v) is 4.99. The minimum absolute atomic E-state index is 0.142. The van der Waals surface area contributed by atoms with Crippen molar-refractivity contribution in [2.24, 2.45) is 5.73 Å². The standard InChI is InChI=1S/C10H11BrFNO/c1-6(13)10(14)7-2-3-8(5-12)9(11)4-7/h2-4,6H,5,13H2,1H3. The number of rotatable bonds is 3. The van der Waals surface area contributed by atoms with E-state index in [0.717, 1.165) is 0 Å². The summed E-state index contributed by atoms with van der Waals surface area (Å²) in [6, 6.07) is 4.24. The van der Waals surface area contributed by atoms with Gasteiger partial charge in [0.25, 0.3) is 0 Å². The predicted octanol–water partition coefficient (Wildman–Crippen LogP) is 2.45. The van der Waals surface area contributed by atoms with Gasteiger partial charge in [0, 0.05) is 10.0 Å². The van der Waals surface area contributed by atoms with Crippen LogP contribution >= 0.6 is 15.9 Å². The molecule has 0 aliphatic rings. The number of Topliss-reactive ketones (excluding diaryl/α,β-unsaturated/α-hetero) is 1. The Morgan fingerprint density at radius 2 is 2.29 bits per heavy atom. The van der Waals surface area contributed by atoms with Crippen molar-refractivity contribution in [3.8, 4) is 0 Å². The van der Waals surface area contributed by atoms with E-state index < -0.39 is 12.7 Å². The fraction of sp³-hybridized carbons (Fsp3) is 0.300. The highest BCUT2D eigenvalue weighted by Gasteiger charge is 2.12. The van der Waals surface area contributed by atoms with E-state index >= 15 is 0 Å². The zero-order valence-corrected chi connectivity index (χ0v) is 9.34. The highest BCUT2D eigenvalue weighted by atomic mass is 79.9. The minimum atomic E-state index is -0.548. The van der Waals surface area contributed by atoms with Crippen molar-refractivity contribution >= 4 is 21.7 Å². The molecule has 0 amide bonds. The molecule has 0 heterocycles. The van der Waals surface area contributed by atoms with Crippen LogP contribution in [0, 0.1) is 0 Å². The Balaban J connectivity index is 3.03. The Bertz CT molecular complexity index is 352. The molecule has 1 atom stereocenters. The third-order valence-electron chi connectivity index (χ3n) is 1.90. The molecule has 14 heavy (non-hydrogen) atoms. The largest absolute Gasteiger partial charge is 0.321 e. The smallest absolute Gasteiger partial charge is 0.179 e. The van der Waals surface area contributed by atoms with Crippen LogP contribution in [-0.2, 0) is 6.67 Å². The van der Waals surface area contributed by atoms with Crippen LogP contribution in [0.15, 0.2) is 22.7 Å². The highest BCUT2D eigenvalue weighted by Crippen LogP contribution is 2.20. The summed E-state index contributed by atoms with van der Waals surface area (Å²) in [5.41, 5.74) is 6.49. The average Bonchev–Trinajstić information content (AvgIpc) is 2.16. The number of halogens is 2. The molecule has 0 aliphatic heterocycles. The molecule has 0 aromatic heterocycles. The maximum absolute atomic E-state index is 12.3. The van der Waals surface area contributed by atoms with Crippen LogP contribution in [0.5, 0.6) is 0 Å². The van der Waals surface area contributed by atoms with Crippen LogP contribution < -0.4 is 5.73 Å². The van der Waals surface area contributed by atoms with Crippen molar-refractivity contribution in [2.75, 3.05) is 0 Å². The van der Waals surface area contributed by atoms with E-state index in [0.29, 0.717) is 15.6 Å². The molecule has 0 bridgehead atoms. The van der Waals surface area contributed by atoms with Gasteiger partial charge in [0.15, 0.2) is 5.78 Å². The fourth-order valence-corrected chi connectivity index (χ4v) is 1.56. The van der Waals surface area contributed by atoms with E-state index in [2.05, 4.69) is 15.9 Å². The van der Waals surface area contributed by atoms with Gasteiger partial charge in [0.1, 0.15) is 6.67 Å². The maximum Gasteiger partial charge on any atom is 0.179 e. The van der Waals surface area contributed by atoms with Crippen molar-refractivity contribution in [1.29, 1.82) is 0 Å². The van der Waals surface area contributed by atoms with Crippen LogP contribution in [0.3, 0.4) is 0 Å². The lowest BCUT2D eigenvalue weighted by Crippen LogP contribution is -2.26. The summed E-state index contributed by atoms with van der Waals surface area (Å²) in [4.78, 5) is 11.5. The Morgan fingerprint density at radius 1 is 1.64 bits per heavy atom. The van der Waals surface area contributed by atoms with Crippen molar-refractivity contribution in [3.05, 3.63) is 33.8 Å². The molecular weight excluding hydrogens is 249 g/mol. The second kappa shape index (κ2) is 4.66. The zero-order valence-electron chi connectivity index (χ0n) is 7.76. The molecule has 1 unspecified atom stereocenters. The van der Waals surface area contributed by atoms with E-state index in [9.17, 15) is 9.18 Å². The zero-order chi connectivity index (χ0) is 10.7. The minimum Gasteiger partial charge on any atom is -0.321 e. The average molecular weight is 260 g/mol. The van der Waals surface area contributed by atoms with Crippen LogP contribution in [-0.4, -0.2) is 11.8 Å². The molecule has 1 aromatic carbocycles. The number of carbonyl (C=O) groups is 1. The number of ketones is 1. The molecule has 1 aromatic rings. The normalized spacial score (nSPS) is 12.6. The van der Waals surface area contributed by atoms with Crippen LogP contribution in [0.25, 0.3) is 0 Å². The summed E-state index contributed by atoms with van der Waals surface area (Å²) in [5, 5.41) is 0. The van der Waals surface area contributed by atoms with Gasteiger partial charge in [-0.1, -0.05) is 28.1 Å². The Morgan fingerprint density at radius 3 is 2.71 bits per heavy atom. The second-order valence-electron chi connectivity index (χ2n) is 3.09. The SMILES string of the molecule is CC(N)C(=O)c1ccc(CF)c(Br)c1. The molecular formula is C10H11BrFNO. The summed E-state index contributed by atoms with van der Waals surface area (Å²) in [7, 11) is 0. The summed E-state index contributed by atoms with van der Waals surface area (Å²) < 4.78 is 12.9. The van der Waals surface area contributed by atoms with Gasteiger partial charge in [-0.15, -0.1) is 0 Å². The highest BCUT2D eigenvalue weighted by molar-refractivity contribution is 9.10. The van der Waals surface area contributed by atoms with Gasteiger partial charge >= 0.3 is 0 Å². The first-order valence-electron chi connectivity index (χ1n) is 4.20. The molecule has 4 heteroatoms. The third-order valence-corrected chi connectivity index (χ3v) is 2.63. The fourth-order valence-electron chi connectivity index (χ4n) is 1.07. The summed E-state index contributed by atoms with van der Waals surface area (Å²) in [5.74, 6) is -0.142. The van der Waals surface area contributed by atoms with Gasteiger partial charge in [-0.05, 0) is 18.6 Å². The molecule has 0 saturated heterocycles. The molecule has 0 radical (unpaired) electrons. The Labute approximate surface area is 90.4 Å². The molecule has 0 fully saturated rings. The molecule has 1 rings (SSSR count). The maximum atomic E-state index is 12.3.